The number of aliphatic hydroxyl groups is 1. The summed E-state index contributed by atoms with van der Waals surface area (Å²) >= 11 is 0. The molecule has 0 aliphatic heterocycles. The van der Waals surface area contributed by atoms with Crippen molar-refractivity contribution in [2.45, 2.75) is 38.0 Å². The number of hydrogen-bond acceptors (Lipinski definition) is 3. The molecule has 7 heteroatoms. The van der Waals surface area contributed by atoms with Gasteiger partial charge in [-0.2, -0.15) is 13.2 Å². The van der Waals surface area contributed by atoms with Gasteiger partial charge in [0, 0.05) is 33.1 Å². The van der Waals surface area contributed by atoms with Gasteiger partial charge in [-0.1, -0.05) is 12.1 Å². The van der Waals surface area contributed by atoms with Crippen molar-refractivity contribution in [2.24, 2.45) is 0 Å². The summed E-state index contributed by atoms with van der Waals surface area (Å²) in [6.07, 6.45) is -3.48. The van der Waals surface area contributed by atoms with E-state index in [4.69, 9.17) is 4.74 Å². The first-order chi connectivity index (χ1) is 10.6. The van der Waals surface area contributed by atoms with E-state index in [0.29, 0.717) is 25.0 Å². The Labute approximate surface area is 133 Å². The lowest BCUT2D eigenvalue weighted by Gasteiger charge is -2.23. The molecular weight excluding hydrogens is 311 g/mol. The van der Waals surface area contributed by atoms with Crippen LogP contribution in [0.1, 0.15) is 30.9 Å². The van der Waals surface area contributed by atoms with Crippen LogP contribution >= 0.6 is 0 Å². The maximum Gasteiger partial charge on any atom is 0.416 e. The van der Waals surface area contributed by atoms with Crippen LogP contribution in [0.2, 0.25) is 0 Å². The lowest BCUT2D eigenvalue weighted by atomic mass is 10.0. The van der Waals surface area contributed by atoms with E-state index in [1.807, 2.05) is 0 Å². The van der Waals surface area contributed by atoms with Crippen LogP contribution in [-0.2, 0) is 22.1 Å². The van der Waals surface area contributed by atoms with Crippen LogP contribution in [-0.4, -0.2) is 36.9 Å². The van der Waals surface area contributed by atoms with Gasteiger partial charge >= 0.3 is 6.18 Å². The van der Waals surface area contributed by atoms with E-state index in [1.54, 1.807) is 6.92 Å². The third kappa shape index (κ3) is 7.47. The average molecular weight is 333 g/mol. The Hall–Kier alpha value is -1.60. The molecule has 1 amide bonds. The Kier molecular flexibility index (Phi) is 7.02. The fraction of sp³-hybridized carbons (Fsp3) is 0.562. The van der Waals surface area contributed by atoms with Crippen molar-refractivity contribution < 1.29 is 27.8 Å². The summed E-state index contributed by atoms with van der Waals surface area (Å²) < 4.78 is 42.2. The molecule has 2 N–H and O–H groups in total. The summed E-state index contributed by atoms with van der Waals surface area (Å²) in [7, 11) is 1.53. The Morgan fingerprint density at radius 1 is 1.26 bits per heavy atom. The van der Waals surface area contributed by atoms with Crippen LogP contribution in [0.5, 0.6) is 0 Å². The van der Waals surface area contributed by atoms with Crippen molar-refractivity contribution >= 4 is 5.91 Å². The normalized spacial score (nSPS) is 14.3. The van der Waals surface area contributed by atoms with Gasteiger partial charge in [0.25, 0.3) is 0 Å². The van der Waals surface area contributed by atoms with Crippen molar-refractivity contribution in [1.82, 2.24) is 5.32 Å². The number of carbonyl (C=O) groups excluding carboxylic acids is 1. The first-order valence-electron chi connectivity index (χ1n) is 7.28. The standard InChI is InChI=1S/C16H22F3NO3/c1-15(22,9-10-23-2)11-20-14(21)8-5-12-3-6-13(7-4-12)16(17,18)19/h3-4,6-7,22H,5,8-11H2,1-2H3,(H,20,21). The molecule has 0 aromatic heterocycles. The molecule has 0 saturated heterocycles. The zero-order valence-electron chi connectivity index (χ0n) is 13.2. The lowest BCUT2D eigenvalue weighted by Crippen LogP contribution is -2.41. The highest BCUT2D eigenvalue weighted by Gasteiger charge is 2.29. The number of methoxy groups -OCH3 is 1. The molecule has 0 radical (unpaired) electrons. The van der Waals surface area contributed by atoms with Crippen molar-refractivity contribution in [1.29, 1.82) is 0 Å². The first-order valence-corrected chi connectivity index (χ1v) is 7.28. The van der Waals surface area contributed by atoms with Gasteiger partial charge in [-0.3, -0.25) is 4.79 Å². The highest BCUT2D eigenvalue weighted by Crippen LogP contribution is 2.29. The van der Waals surface area contributed by atoms with Crippen LogP contribution in [0.25, 0.3) is 0 Å². The van der Waals surface area contributed by atoms with Crippen molar-refractivity contribution in [3.8, 4) is 0 Å². The SMILES string of the molecule is COCCC(C)(O)CNC(=O)CCc1ccc(C(F)(F)F)cc1. The van der Waals surface area contributed by atoms with E-state index in [9.17, 15) is 23.1 Å². The van der Waals surface area contributed by atoms with E-state index in [0.717, 1.165) is 12.1 Å². The van der Waals surface area contributed by atoms with Crippen LogP contribution in [0.3, 0.4) is 0 Å². The molecular formula is C16H22F3NO3. The highest BCUT2D eigenvalue weighted by atomic mass is 19.4. The number of alkyl halides is 3. The van der Waals surface area contributed by atoms with Gasteiger partial charge in [0.2, 0.25) is 5.91 Å². The van der Waals surface area contributed by atoms with Crippen molar-refractivity contribution in [2.75, 3.05) is 20.3 Å². The number of nitrogens with one attached hydrogen (secondary N) is 1. The average Bonchev–Trinajstić information content (AvgIpc) is 2.48. The van der Waals surface area contributed by atoms with Crippen molar-refractivity contribution in [3.63, 3.8) is 0 Å². The van der Waals surface area contributed by atoms with Crippen LogP contribution in [0, 0.1) is 0 Å². The number of amides is 1. The molecule has 130 valence electrons. The van der Waals surface area contributed by atoms with E-state index in [-0.39, 0.29) is 18.9 Å². The van der Waals surface area contributed by atoms with Gasteiger partial charge < -0.3 is 15.2 Å². The first kappa shape index (κ1) is 19.4. The molecule has 0 aliphatic rings. The predicted molar refractivity (Wildman–Crippen MR) is 79.9 cm³/mol. The van der Waals surface area contributed by atoms with Crippen LogP contribution in [0.4, 0.5) is 13.2 Å². The van der Waals surface area contributed by atoms with Gasteiger partial charge in [0.1, 0.15) is 0 Å². The predicted octanol–water partition coefficient (Wildman–Crippen LogP) is 2.54. The van der Waals surface area contributed by atoms with E-state index in [2.05, 4.69) is 5.32 Å². The smallest absolute Gasteiger partial charge is 0.388 e. The molecule has 0 saturated carbocycles. The fourth-order valence-electron chi connectivity index (χ4n) is 1.91. The maximum atomic E-state index is 12.4. The number of hydrogen-bond donors (Lipinski definition) is 2. The molecule has 1 unspecified atom stereocenters. The van der Waals surface area contributed by atoms with Gasteiger partial charge in [-0.15, -0.1) is 0 Å². The zero-order valence-corrected chi connectivity index (χ0v) is 13.2. The van der Waals surface area contributed by atoms with Gasteiger partial charge in [-0.25, -0.2) is 0 Å². The summed E-state index contributed by atoms with van der Waals surface area (Å²) in [6, 6.07) is 4.74. The van der Waals surface area contributed by atoms with Crippen LogP contribution in [0.15, 0.2) is 24.3 Å². The number of rotatable bonds is 8. The molecule has 0 aliphatic carbocycles. The van der Waals surface area contributed by atoms with E-state index in [1.165, 1.54) is 19.2 Å². The second-order valence-corrected chi connectivity index (χ2v) is 5.71. The quantitative estimate of drug-likeness (QED) is 0.769. The summed E-state index contributed by atoms with van der Waals surface area (Å²) in [4.78, 5) is 11.7. The number of benzene rings is 1. The maximum absolute atomic E-state index is 12.4. The number of aryl methyl sites for hydroxylation is 1. The summed E-state index contributed by atoms with van der Waals surface area (Å²) in [5.41, 5.74) is -1.11. The number of halogens is 3. The number of ether oxygens (including phenoxy) is 1. The molecule has 1 atom stereocenters. The molecule has 23 heavy (non-hydrogen) atoms. The summed E-state index contributed by atoms with van der Waals surface area (Å²) in [5.74, 6) is -0.261. The van der Waals surface area contributed by atoms with E-state index >= 15 is 0 Å². The van der Waals surface area contributed by atoms with E-state index < -0.39 is 17.3 Å². The molecule has 4 nitrogen and oxygen atoms in total. The third-order valence-corrected chi connectivity index (χ3v) is 3.43. The molecule has 1 rings (SSSR count). The topological polar surface area (TPSA) is 58.6 Å². The minimum absolute atomic E-state index is 0.0994. The van der Waals surface area contributed by atoms with Crippen molar-refractivity contribution in [3.05, 3.63) is 35.4 Å². The largest absolute Gasteiger partial charge is 0.416 e. The molecule has 0 fully saturated rings. The van der Waals surface area contributed by atoms with Gasteiger partial charge in [-0.05, 0) is 31.0 Å². The van der Waals surface area contributed by atoms with Gasteiger partial charge in [0.05, 0.1) is 11.2 Å². The molecule has 1 aromatic rings. The Bertz CT molecular complexity index is 498. The number of carbonyl (C=O) groups is 1. The zero-order chi connectivity index (χ0) is 17.5. The minimum Gasteiger partial charge on any atom is -0.388 e. The second-order valence-electron chi connectivity index (χ2n) is 5.71. The van der Waals surface area contributed by atoms with Crippen LogP contribution < -0.4 is 5.32 Å². The summed E-state index contributed by atoms with van der Waals surface area (Å²) in [6.45, 7) is 2.08. The minimum atomic E-state index is -4.36. The molecule has 0 spiro atoms. The Morgan fingerprint density at radius 3 is 2.39 bits per heavy atom. The molecule has 0 bridgehead atoms. The fourth-order valence-corrected chi connectivity index (χ4v) is 1.91. The lowest BCUT2D eigenvalue weighted by molar-refractivity contribution is -0.137. The Morgan fingerprint density at radius 2 is 1.87 bits per heavy atom. The monoisotopic (exact) mass is 333 g/mol. The summed E-state index contributed by atoms with van der Waals surface area (Å²) in [5, 5.41) is 12.6. The third-order valence-electron chi connectivity index (χ3n) is 3.43. The second kappa shape index (κ2) is 8.31. The molecule has 1 aromatic carbocycles. The Balaban J connectivity index is 2.39. The van der Waals surface area contributed by atoms with Gasteiger partial charge in [0.15, 0.2) is 0 Å². The molecule has 0 heterocycles. The highest BCUT2D eigenvalue weighted by molar-refractivity contribution is 5.76.